The Hall–Kier alpha value is -0.0800. The molecule has 0 heterocycles. The summed E-state index contributed by atoms with van der Waals surface area (Å²) in [4.78, 5) is 2.53. The van der Waals surface area contributed by atoms with Crippen molar-refractivity contribution in [3.05, 3.63) is 0 Å². The molecule has 72 valence electrons. The Bertz CT molecular complexity index is 130. The van der Waals surface area contributed by atoms with Crippen molar-refractivity contribution in [2.75, 3.05) is 26.2 Å². The highest BCUT2D eigenvalue weighted by atomic mass is 15.1. The summed E-state index contributed by atoms with van der Waals surface area (Å²) in [6.45, 7) is 9.00. The Labute approximate surface area is 76.1 Å². The van der Waals surface area contributed by atoms with Crippen LogP contribution in [-0.2, 0) is 0 Å². The van der Waals surface area contributed by atoms with E-state index in [-0.39, 0.29) is 0 Å². The summed E-state index contributed by atoms with van der Waals surface area (Å²) in [6.07, 6.45) is 3.96. The number of nitrogens with two attached hydrogens (primary N) is 1. The summed E-state index contributed by atoms with van der Waals surface area (Å²) in [6, 6.07) is 0. The summed E-state index contributed by atoms with van der Waals surface area (Å²) >= 11 is 0. The van der Waals surface area contributed by atoms with Gasteiger partial charge in [-0.1, -0.05) is 13.8 Å². The smallest absolute Gasteiger partial charge is 0.00499 e. The van der Waals surface area contributed by atoms with Crippen molar-refractivity contribution in [1.29, 1.82) is 0 Å². The summed E-state index contributed by atoms with van der Waals surface area (Å²) in [5, 5.41) is 0. The largest absolute Gasteiger partial charge is 0.330 e. The molecule has 1 fully saturated rings. The van der Waals surface area contributed by atoms with Gasteiger partial charge in [-0.15, -0.1) is 0 Å². The monoisotopic (exact) mass is 170 g/mol. The summed E-state index contributed by atoms with van der Waals surface area (Å²) in [7, 11) is 0. The SMILES string of the molecule is CCCN(CC)CC1(CN)CC1. The second-order valence-electron chi connectivity index (χ2n) is 4.07. The van der Waals surface area contributed by atoms with Crippen LogP contribution in [0.3, 0.4) is 0 Å². The molecule has 1 aliphatic carbocycles. The van der Waals surface area contributed by atoms with Crippen molar-refractivity contribution < 1.29 is 0 Å². The first-order valence-corrected chi connectivity index (χ1v) is 5.19. The van der Waals surface area contributed by atoms with Crippen molar-refractivity contribution in [3.63, 3.8) is 0 Å². The Morgan fingerprint density at radius 2 is 2.00 bits per heavy atom. The summed E-state index contributed by atoms with van der Waals surface area (Å²) < 4.78 is 0. The minimum Gasteiger partial charge on any atom is -0.330 e. The third-order valence-electron chi connectivity index (χ3n) is 2.94. The first-order valence-electron chi connectivity index (χ1n) is 5.19. The average molecular weight is 170 g/mol. The zero-order valence-corrected chi connectivity index (χ0v) is 8.47. The maximum Gasteiger partial charge on any atom is 0.00499 e. The molecule has 2 N–H and O–H groups in total. The van der Waals surface area contributed by atoms with Gasteiger partial charge in [0.1, 0.15) is 0 Å². The highest BCUT2D eigenvalue weighted by Crippen LogP contribution is 2.44. The maximum absolute atomic E-state index is 5.74. The molecule has 0 aromatic carbocycles. The van der Waals surface area contributed by atoms with Crippen LogP contribution >= 0.6 is 0 Å². The van der Waals surface area contributed by atoms with Gasteiger partial charge in [0.2, 0.25) is 0 Å². The standard InChI is InChI=1S/C10H22N2/c1-3-7-12(4-2)9-10(8-11)5-6-10/h3-9,11H2,1-2H3. The molecule has 0 amide bonds. The van der Waals surface area contributed by atoms with E-state index >= 15 is 0 Å². The molecule has 12 heavy (non-hydrogen) atoms. The van der Waals surface area contributed by atoms with E-state index in [1.54, 1.807) is 0 Å². The highest BCUT2D eigenvalue weighted by Gasteiger charge is 2.41. The zero-order valence-electron chi connectivity index (χ0n) is 8.47. The van der Waals surface area contributed by atoms with Gasteiger partial charge in [0.05, 0.1) is 0 Å². The van der Waals surface area contributed by atoms with Crippen molar-refractivity contribution in [2.45, 2.75) is 33.1 Å². The lowest BCUT2D eigenvalue weighted by Crippen LogP contribution is -2.34. The fraction of sp³-hybridized carbons (Fsp3) is 1.00. The summed E-state index contributed by atoms with van der Waals surface area (Å²) in [5.41, 5.74) is 6.26. The van der Waals surface area contributed by atoms with Crippen molar-refractivity contribution in [3.8, 4) is 0 Å². The Kier molecular flexibility index (Phi) is 3.53. The van der Waals surface area contributed by atoms with Crippen molar-refractivity contribution >= 4 is 0 Å². The third-order valence-corrected chi connectivity index (χ3v) is 2.94. The van der Waals surface area contributed by atoms with E-state index in [1.807, 2.05) is 0 Å². The number of hydrogen-bond acceptors (Lipinski definition) is 2. The lowest BCUT2D eigenvalue weighted by Gasteiger charge is -2.24. The minimum absolute atomic E-state index is 0.519. The van der Waals surface area contributed by atoms with Gasteiger partial charge in [0, 0.05) is 6.54 Å². The molecule has 0 aliphatic heterocycles. The first kappa shape index (κ1) is 10.0. The first-order chi connectivity index (χ1) is 5.76. The molecule has 0 aromatic heterocycles. The molecular weight excluding hydrogens is 148 g/mol. The number of nitrogens with zero attached hydrogens (tertiary/aromatic N) is 1. The van der Waals surface area contributed by atoms with Gasteiger partial charge in [-0.05, 0) is 44.3 Å². The molecule has 1 rings (SSSR count). The lowest BCUT2D eigenvalue weighted by atomic mass is 10.1. The predicted molar refractivity (Wildman–Crippen MR) is 53.1 cm³/mol. The quantitative estimate of drug-likeness (QED) is 0.654. The van der Waals surface area contributed by atoms with Gasteiger partial charge in [-0.2, -0.15) is 0 Å². The fourth-order valence-electron chi connectivity index (χ4n) is 1.74. The van der Waals surface area contributed by atoms with E-state index < -0.39 is 0 Å². The van der Waals surface area contributed by atoms with Gasteiger partial charge < -0.3 is 10.6 Å². The third kappa shape index (κ3) is 2.46. The zero-order chi connectivity index (χ0) is 9.03. The van der Waals surface area contributed by atoms with E-state index in [0.29, 0.717) is 5.41 Å². The van der Waals surface area contributed by atoms with Crippen LogP contribution in [0.4, 0.5) is 0 Å². The molecule has 0 unspecified atom stereocenters. The van der Waals surface area contributed by atoms with Crippen LogP contribution in [0.25, 0.3) is 0 Å². The number of hydrogen-bond donors (Lipinski definition) is 1. The molecule has 2 nitrogen and oxygen atoms in total. The fourth-order valence-corrected chi connectivity index (χ4v) is 1.74. The van der Waals surface area contributed by atoms with Gasteiger partial charge in [0.25, 0.3) is 0 Å². The van der Waals surface area contributed by atoms with Crippen LogP contribution in [-0.4, -0.2) is 31.1 Å². The lowest BCUT2D eigenvalue weighted by molar-refractivity contribution is 0.233. The molecule has 0 saturated heterocycles. The van der Waals surface area contributed by atoms with Gasteiger partial charge >= 0.3 is 0 Å². The van der Waals surface area contributed by atoms with Gasteiger partial charge in [-0.3, -0.25) is 0 Å². The Morgan fingerprint density at radius 3 is 2.33 bits per heavy atom. The molecule has 0 spiro atoms. The van der Waals surface area contributed by atoms with Crippen LogP contribution in [0, 0.1) is 5.41 Å². The van der Waals surface area contributed by atoms with E-state index in [2.05, 4.69) is 18.7 Å². The molecular formula is C10H22N2. The second-order valence-corrected chi connectivity index (χ2v) is 4.07. The Balaban J connectivity index is 2.26. The molecule has 0 bridgehead atoms. The van der Waals surface area contributed by atoms with Crippen LogP contribution < -0.4 is 5.73 Å². The number of rotatable bonds is 6. The van der Waals surface area contributed by atoms with Gasteiger partial charge in [-0.25, -0.2) is 0 Å². The average Bonchev–Trinajstić information content (AvgIpc) is 2.85. The molecule has 1 aliphatic rings. The van der Waals surface area contributed by atoms with Crippen LogP contribution in [0.1, 0.15) is 33.1 Å². The van der Waals surface area contributed by atoms with E-state index in [9.17, 15) is 0 Å². The summed E-state index contributed by atoms with van der Waals surface area (Å²) in [5.74, 6) is 0. The van der Waals surface area contributed by atoms with Crippen LogP contribution in [0.2, 0.25) is 0 Å². The molecule has 0 atom stereocenters. The van der Waals surface area contributed by atoms with E-state index in [0.717, 1.165) is 6.54 Å². The second kappa shape index (κ2) is 4.24. The van der Waals surface area contributed by atoms with E-state index in [4.69, 9.17) is 5.73 Å². The predicted octanol–water partition coefficient (Wildman–Crippen LogP) is 1.46. The van der Waals surface area contributed by atoms with Crippen molar-refractivity contribution in [2.24, 2.45) is 11.1 Å². The molecule has 0 aromatic rings. The van der Waals surface area contributed by atoms with Gasteiger partial charge in [0.15, 0.2) is 0 Å². The topological polar surface area (TPSA) is 29.3 Å². The minimum atomic E-state index is 0.519. The Morgan fingerprint density at radius 1 is 1.33 bits per heavy atom. The van der Waals surface area contributed by atoms with Crippen LogP contribution in [0.5, 0.6) is 0 Å². The van der Waals surface area contributed by atoms with E-state index in [1.165, 1.54) is 38.9 Å². The molecule has 0 radical (unpaired) electrons. The normalized spacial score (nSPS) is 20.0. The van der Waals surface area contributed by atoms with Crippen molar-refractivity contribution in [1.82, 2.24) is 4.90 Å². The molecule has 2 heteroatoms. The van der Waals surface area contributed by atoms with Crippen LogP contribution in [0.15, 0.2) is 0 Å². The maximum atomic E-state index is 5.74. The highest BCUT2D eigenvalue weighted by molar-refractivity contribution is 4.96. The molecule has 1 saturated carbocycles.